The molecule has 0 N–H and O–H groups in total. The van der Waals surface area contributed by atoms with Crippen LogP contribution in [0, 0.1) is 0 Å². The Morgan fingerprint density at radius 3 is 2.35 bits per heavy atom. The molecule has 0 unspecified atom stereocenters. The fourth-order valence-corrected chi connectivity index (χ4v) is 3.00. The third kappa shape index (κ3) is 1.76. The SMILES string of the molecule is CS(=O)(=O)C1=Cc2cc3ccccc3cc2C1. The average Bonchev–Trinajstić information content (AvgIpc) is 2.68. The van der Waals surface area contributed by atoms with Crippen LogP contribution >= 0.6 is 0 Å². The molecule has 2 aromatic rings. The lowest BCUT2D eigenvalue weighted by molar-refractivity contribution is 0.607. The van der Waals surface area contributed by atoms with E-state index in [1.54, 1.807) is 6.08 Å². The summed E-state index contributed by atoms with van der Waals surface area (Å²) in [7, 11) is -3.07. The minimum Gasteiger partial charge on any atom is -0.224 e. The van der Waals surface area contributed by atoms with Gasteiger partial charge in [-0.1, -0.05) is 30.3 Å². The van der Waals surface area contributed by atoms with Gasteiger partial charge in [0.05, 0.1) is 0 Å². The van der Waals surface area contributed by atoms with Crippen molar-refractivity contribution in [3.05, 3.63) is 52.4 Å². The van der Waals surface area contributed by atoms with Crippen molar-refractivity contribution in [2.45, 2.75) is 6.42 Å². The monoisotopic (exact) mass is 244 g/mol. The van der Waals surface area contributed by atoms with Gasteiger partial charge in [-0.15, -0.1) is 0 Å². The van der Waals surface area contributed by atoms with Crippen molar-refractivity contribution in [1.82, 2.24) is 0 Å². The summed E-state index contributed by atoms with van der Waals surface area (Å²) < 4.78 is 23.1. The smallest absolute Gasteiger partial charge is 0.172 e. The molecule has 2 aromatic carbocycles. The van der Waals surface area contributed by atoms with E-state index in [0.29, 0.717) is 11.3 Å². The van der Waals surface area contributed by atoms with Crippen molar-refractivity contribution in [3.63, 3.8) is 0 Å². The number of sulfone groups is 1. The molecule has 0 spiro atoms. The van der Waals surface area contributed by atoms with Crippen molar-refractivity contribution in [1.29, 1.82) is 0 Å². The lowest BCUT2D eigenvalue weighted by atomic mass is 10.0. The lowest BCUT2D eigenvalue weighted by Crippen LogP contribution is -2.00. The van der Waals surface area contributed by atoms with Gasteiger partial charge in [-0.2, -0.15) is 0 Å². The van der Waals surface area contributed by atoms with Gasteiger partial charge < -0.3 is 0 Å². The summed E-state index contributed by atoms with van der Waals surface area (Å²) in [4.78, 5) is 0.516. The molecule has 86 valence electrons. The van der Waals surface area contributed by atoms with Crippen molar-refractivity contribution in [2.24, 2.45) is 0 Å². The predicted molar refractivity (Wildman–Crippen MR) is 70.5 cm³/mol. The number of hydrogen-bond donors (Lipinski definition) is 0. The number of benzene rings is 2. The first-order valence-electron chi connectivity index (χ1n) is 5.46. The Morgan fingerprint density at radius 1 is 1.06 bits per heavy atom. The standard InChI is InChI=1S/C14H12O2S/c1-17(15,16)14-8-12-6-10-4-2-3-5-11(10)7-13(12)9-14/h2-8H,9H2,1H3. The summed E-state index contributed by atoms with van der Waals surface area (Å²) in [5.41, 5.74) is 2.13. The minimum atomic E-state index is -3.07. The first kappa shape index (κ1) is 10.5. The van der Waals surface area contributed by atoms with Crippen LogP contribution in [0.5, 0.6) is 0 Å². The van der Waals surface area contributed by atoms with Crippen LogP contribution in [0.4, 0.5) is 0 Å². The summed E-state index contributed by atoms with van der Waals surface area (Å²) in [5, 5.41) is 2.31. The second kappa shape index (κ2) is 3.44. The Kier molecular flexibility index (Phi) is 2.13. The first-order chi connectivity index (χ1) is 8.04. The molecule has 1 aliphatic rings. The Morgan fingerprint density at radius 2 is 1.71 bits per heavy atom. The quantitative estimate of drug-likeness (QED) is 0.773. The number of allylic oxidation sites excluding steroid dienone is 1. The van der Waals surface area contributed by atoms with Gasteiger partial charge in [0.1, 0.15) is 0 Å². The van der Waals surface area contributed by atoms with Crippen molar-refractivity contribution < 1.29 is 8.42 Å². The van der Waals surface area contributed by atoms with Gasteiger partial charge in [-0.3, -0.25) is 0 Å². The van der Waals surface area contributed by atoms with E-state index in [9.17, 15) is 8.42 Å². The molecule has 2 nitrogen and oxygen atoms in total. The Hall–Kier alpha value is -1.61. The molecule has 0 aliphatic heterocycles. The van der Waals surface area contributed by atoms with Crippen LogP contribution < -0.4 is 0 Å². The fourth-order valence-electron chi connectivity index (χ4n) is 2.24. The molecule has 0 saturated carbocycles. The van der Waals surface area contributed by atoms with E-state index in [1.165, 1.54) is 6.26 Å². The third-order valence-electron chi connectivity index (χ3n) is 3.16. The van der Waals surface area contributed by atoms with Gasteiger partial charge >= 0.3 is 0 Å². The Balaban J connectivity index is 2.20. The van der Waals surface area contributed by atoms with E-state index in [-0.39, 0.29) is 0 Å². The average molecular weight is 244 g/mol. The highest BCUT2D eigenvalue weighted by atomic mass is 32.2. The number of hydrogen-bond acceptors (Lipinski definition) is 2. The molecule has 0 aromatic heterocycles. The van der Waals surface area contributed by atoms with E-state index in [2.05, 4.69) is 12.1 Å². The zero-order chi connectivity index (χ0) is 12.0. The number of rotatable bonds is 1. The topological polar surface area (TPSA) is 34.1 Å². The Labute approximate surface area is 101 Å². The lowest BCUT2D eigenvalue weighted by Gasteiger charge is -2.02. The summed E-state index contributed by atoms with van der Waals surface area (Å²) in [6.45, 7) is 0. The van der Waals surface area contributed by atoms with E-state index in [0.717, 1.165) is 21.9 Å². The van der Waals surface area contributed by atoms with E-state index < -0.39 is 9.84 Å². The summed E-state index contributed by atoms with van der Waals surface area (Å²) >= 11 is 0. The van der Waals surface area contributed by atoms with E-state index in [4.69, 9.17) is 0 Å². The molecular weight excluding hydrogens is 232 g/mol. The summed E-state index contributed by atoms with van der Waals surface area (Å²) in [6, 6.07) is 12.2. The van der Waals surface area contributed by atoms with Crippen molar-refractivity contribution in [2.75, 3.05) is 6.26 Å². The molecule has 3 heteroatoms. The van der Waals surface area contributed by atoms with E-state index in [1.807, 2.05) is 24.3 Å². The normalized spacial score (nSPS) is 14.8. The van der Waals surface area contributed by atoms with E-state index >= 15 is 0 Å². The van der Waals surface area contributed by atoms with Crippen LogP contribution in [-0.2, 0) is 16.3 Å². The molecule has 0 fully saturated rings. The van der Waals surface area contributed by atoms with Gasteiger partial charge in [0.25, 0.3) is 0 Å². The zero-order valence-corrected chi connectivity index (χ0v) is 10.3. The molecular formula is C14H12O2S. The first-order valence-corrected chi connectivity index (χ1v) is 7.35. The summed E-state index contributed by atoms with van der Waals surface area (Å²) in [6.07, 6.45) is 3.58. The molecule has 0 amide bonds. The van der Waals surface area contributed by atoms with Gasteiger partial charge in [-0.25, -0.2) is 8.42 Å². The van der Waals surface area contributed by atoms with Gasteiger partial charge in [0.15, 0.2) is 9.84 Å². The van der Waals surface area contributed by atoms with Gasteiger partial charge in [0.2, 0.25) is 0 Å². The van der Waals surface area contributed by atoms with Crippen LogP contribution in [0.1, 0.15) is 11.1 Å². The molecule has 17 heavy (non-hydrogen) atoms. The van der Waals surface area contributed by atoms with Crippen LogP contribution in [-0.4, -0.2) is 14.7 Å². The van der Waals surface area contributed by atoms with Gasteiger partial charge in [-0.05, 0) is 34.0 Å². The second-order valence-electron chi connectivity index (χ2n) is 4.46. The number of fused-ring (bicyclic) bond motifs is 2. The van der Waals surface area contributed by atoms with Crippen molar-refractivity contribution >= 4 is 26.7 Å². The molecule has 0 atom stereocenters. The third-order valence-corrected chi connectivity index (χ3v) is 4.38. The van der Waals surface area contributed by atoms with Gasteiger partial charge in [0, 0.05) is 17.6 Å². The zero-order valence-electron chi connectivity index (χ0n) is 9.47. The van der Waals surface area contributed by atoms with Crippen LogP contribution in [0.15, 0.2) is 41.3 Å². The maximum absolute atomic E-state index is 11.5. The largest absolute Gasteiger partial charge is 0.224 e. The fraction of sp³-hybridized carbons (Fsp3) is 0.143. The highest BCUT2D eigenvalue weighted by molar-refractivity contribution is 7.94. The maximum atomic E-state index is 11.5. The van der Waals surface area contributed by atoms with Crippen LogP contribution in [0.3, 0.4) is 0 Å². The molecule has 0 radical (unpaired) electrons. The molecule has 1 aliphatic carbocycles. The molecule has 0 heterocycles. The van der Waals surface area contributed by atoms with Crippen LogP contribution in [0.2, 0.25) is 0 Å². The van der Waals surface area contributed by atoms with Crippen molar-refractivity contribution in [3.8, 4) is 0 Å². The second-order valence-corrected chi connectivity index (χ2v) is 6.53. The predicted octanol–water partition coefficient (Wildman–Crippen LogP) is 2.78. The highest BCUT2D eigenvalue weighted by Crippen LogP contribution is 2.31. The highest BCUT2D eigenvalue weighted by Gasteiger charge is 2.20. The molecule has 3 rings (SSSR count). The Bertz CT molecular complexity index is 740. The summed E-state index contributed by atoms with van der Waals surface area (Å²) in [5.74, 6) is 0. The minimum absolute atomic E-state index is 0.516. The molecule has 0 saturated heterocycles. The van der Waals surface area contributed by atoms with Crippen LogP contribution in [0.25, 0.3) is 16.8 Å². The molecule has 0 bridgehead atoms. The maximum Gasteiger partial charge on any atom is 0.172 e.